The van der Waals surface area contributed by atoms with E-state index in [1.807, 2.05) is 25.7 Å². The summed E-state index contributed by atoms with van der Waals surface area (Å²) in [5.74, 6) is 0.118. The Morgan fingerprint density at radius 3 is 2.39 bits per heavy atom. The number of fused-ring (bicyclic) bond motifs is 2. The Bertz CT molecular complexity index is 729. The Balaban J connectivity index is 1.70. The molecule has 0 spiro atoms. The van der Waals surface area contributed by atoms with Gasteiger partial charge in [-0.05, 0) is 71.1 Å². The first-order valence-corrected chi connectivity index (χ1v) is 10.0. The number of ether oxygens (including phenoxy) is 2. The van der Waals surface area contributed by atoms with E-state index in [0.717, 1.165) is 19.3 Å². The lowest BCUT2D eigenvalue weighted by Gasteiger charge is -2.48. The Kier molecular flexibility index (Phi) is 5.96. The van der Waals surface area contributed by atoms with Gasteiger partial charge in [0.2, 0.25) is 0 Å². The number of hydrogen-bond donors (Lipinski definition) is 0. The van der Waals surface area contributed by atoms with Crippen LogP contribution in [-0.2, 0) is 16.0 Å². The van der Waals surface area contributed by atoms with Crippen molar-refractivity contribution < 1.29 is 23.5 Å². The van der Waals surface area contributed by atoms with Crippen molar-refractivity contribution in [2.45, 2.75) is 77.0 Å². The van der Waals surface area contributed by atoms with Gasteiger partial charge in [0.1, 0.15) is 23.0 Å². The zero-order chi connectivity index (χ0) is 20.5. The van der Waals surface area contributed by atoms with Gasteiger partial charge >= 0.3 is 6.09 Å². The lowest BCUT2D eigenvalue weighted by Crippen LogP contribution is -2.56. The Hall–Kier alpha value is -2.11. The lowest BCUT2D eigenvalue weighted by atomic mass is 9.76. The zero-order valence-electron chi connectivity index (χ0n) is 17.2. The van der Waals surface area contributed by atoms with Crippen molar-refractivity contribution in [1.82, 2.24) is 4.90 Å². The van der Waals surface area contributed by atoms with E-state index in [-0.39, 0.29) is 42.1 Å². The fourth-order valence-electron chi connectivity index (χ4n) is 4.47. The second-order valence-electron chi connectivity index (χ2n) is 8.89. The average molecular weight is 391 g/mol. The molecule has 6 heteroatoms. The Labute approximate surface area is 166 Å². The summed E-state index contributed by atoms with van der Waals surface area (Å²) in [5, 5.41) is 0. The third-order valence-electron chi connectivity index (χ3n) is 5.64. The van der Waals surface area contributed by atoms with Crippen LogP contribution >= 0.6 is 0 Å². The van der Waals surface area contributed by atoms with Gasteiger partial charge in [-0.1, -0.05) is 0 Å². The number of methoxy groups -OCH3 is 1. The molecule has 3 rings (SSSR count). The highest BCUT2D eigenvalue weighted by Gasteiger charge is 2.44. The molecule has 28 heavy (non-hydrogen) atoms. The summed E-state index contributed by atoms with van der Waals surface area (Å²) in [7, 11) is 1.52. The maximum Gasteiger partial charge on any atom is 0.410 e. The summed E-state index contributed by atoms with van der Waals surface area (Å²) in [5.41, 5.74) is 0.0404. The van der Waals surface area contributed by atoms with Crippen molar-refractivity contribution in [3.05, 3.63) is 29.6 Å². The maximum atomic E-state index is 13.6. The standard InChI is InChI=1S/C22H30FNO4/c1-22(2,3)28-21(26)24-17-6-5-7-18(24)12-14(11-17)19(25)13-15-10-16(23)8-9-20(15)27-4/h8-10,14,17-18H,5-7,11-13H2,1-4H3. The van der Waals surface area contributed by atoms with Gasteiger partial charge in [-0.25, -0.2) is 9.18 Å². The van der Waals surface area contributed by atoms with Crippen LogP contribution in [0.3, 0.4) is 0 Å². The van der Waals surface area contributed by atoms with Gasteiger partial charge in [-0.3, -0.25) is 4.79 Å². The van der Waals surface area contributed by atoms with Crippen LogP contribution in [0.15, 0.2) is 18.2 Å². The third kappa shape index (κ3) is 4.65. The lowest BCUT2D eigenvalue weighted by molar-refractivity contribution is -0.126. The molecule has 2 bridgehead atoms. The van der Waals surface area contributed by atoms with Crippen molar-refractivity contribution in [3.8, 4) is 5.75 Å². The van der Waals surface area contributed by atoms with Gasteiger partial charge < -0.3 is 14.4 Å². The molecule has 2 saturated heterocycles. The number of nitrogens with zero attached hydrogens (tertiary/aromatic N) is 1. The van der Waals surface area contributed by atoms with Gasteiger partial charge in [0, 0.05) is 30.0 Å². The van der Waals surface area contributed by atoms with E-state index < -0.39 is 5.60 Å². The van der Waals surface area contributed by atoms with Gasteiger partial charge in [-0.15, -0.1) is 0 Å². The van der Waals surface area contributed by atoms with E-state index in [2.05, 4.69) is 0 Å². The van der Waals surface area contributed by atoms with E-state index in [0.29, 0.717) is 24.2 Å². The Morgan fingerprint density at radius 1 is 1.18 bits per heavy atom. The van der Waals surface area contributed by atoms with Crippen LogP contribution in [-0.4, -0.2) is 41.6 Å². The largest absolute Gasteiger partial charge is 0.496 e. The molecule has 2 aliphatic heterocycles. The van der Waals surface area contributed by atoms with Gasteiger partial charge in [0.15, 0.2) is 0 Å². The first-order valence-electron chi connectivity index (χ1n) is 10.0. The van der Waals surface area contributed by atoms with Crippen molar-refractivity contribution in [3.63, 3.8) is 0 Å². The number of rotatable bonds is 4. The van der Waals surface area contributed by atoms with Gasteiger partial charge in [0.25, 0.3) is 0 Å². The molecule has 0 aliphatic carbocycles. The molecule has 0 radical (unpaired) electrons. The minimum atomic E-state index is -0.536. The highest BCUT2D eigenvalue weighted by atomic mass is 19.1. The second-order valence-corrected chi connectivity index (χ2v) is 8.89. The summed E-state index contributed by atoms with van der Waals surface area (Å²) in [6.07, 6.45) is 4.01. The molecule has 2 heterocycles. The molecule has 0 N–H and O–H groups in total. The van der Waals surface area contributed by atoms with E-state index in [1.165, 1.54) is 19.2 Å². The quantitative estimate of drug-likeness (QED) is 0.758. The van der Waals surface area contributed by atoms with E-state index in [4.69, 9.17) is 9.47 Å². The predicted octanol–water partition coefficient (Wildman–Crippen LogP) is 4.51. The molecule has 2 atom stereocenters. The Morgan fingerprint density at radius 2 is 1.82 bits per heavy atom. The van der Waals surface area contributed by atoms with Crippen LogP contribution < -0.4 is 4.74 Å². The average Bonchev–Trinajstić information content (AvgIpc) is 2.59. The molecule has 1 aromatic carbocycles. The van der Waals surface area contributed by atoms with Crippen molar-refractivity contribution in [2.24, 2.45) is 5.92 Å². The fraction of sp³-hybridized carbons (Fsp3) is 0.636. The molecule has 2 aliphatic rings. The first kappa shape index (κ1) is 20.6. The molecule has 2 unspecified atom stereocenters. The van der Waals surface area contributed by atoms with Crippen LogP contribution in [0.1, 0.15) is 58.4 Å². The number of ketones is 1. The number of amides is 1. The van der Waals surface area contributed by atoms with Gasteiger partial charge in [-0.2, -0.15) is 0 Å². The third-order valence-corrected chi connectivity index (χ3v) is 5.64. The molecular formula is C22H30FNO4. The molecule has 0 saturated carbocycles. The predicted molar refractivity (Wildman–Crippen MR) is 104 cm³/mol. The van der Waals surface area contributed by atoms with Crippen LogP contribution in [0.4, 0.5) is 9.18 Å². The summed E-state index contributed by atoms with van der Waals surface area (Å²) in [6, 6.07) is 4.32. The summed E-state index contributed by atoms with van der Waals surface area (Å²) in [6.45, 7) is 5.59. The van der Waals surface area contributed by atoms with Crippen LogP contribution in [0.25, 0.3) is 0 Å². The van der Waals surface area contributed by atoms with E-state index >= 15 is 0 Å². The number of carbonyl (C=O) groups is 2. The topological polar surface area (TPSA) is 55.8 Å². The minimum Gasteiger partial charge on any atom is -0.496 e. The minimum absolute atomic E-state index is 0.0331. The van der Waals surface area contributed by atoms with Crippen molar-refractivity contribution >= 4 is 11.9 Å². The molecule has 1 amide bonds. The summed E-state index contributed by atoms with van der Waals surface area (Å²) in [4.78, 5) is 27.5. The highest BCUT2D eigenvalue weighted by Crippen LogP contribution is 2.39. The molecule has 0 aromatic heterocycles. The van der Waals surface area contributed by atoms with E-state index in [1.54, 1.807) is 6.07 Å². The highest BCUT2D eigenvalue weighted by molar-refractivity contribution is 5.84. The number of carbonyl (C=O) groups excluding carboxylic acids is 2. The summed E-state index contributed by atoms with van der Waals surface area (Å²) < 4.78 is 24.5. The normalized spacial score (nSPS) is 24.6. The SMILES string of the molecule is COc1ccc(F)cc1CC(=O)C1CC2CCCC(C1)N2C(=O)OC(C)(C)C. The van der Waals surface area contributed by atoms with Crippen molar-refractivity contribution in [1.29, 1.82) is 0 Å². The fourth-order valence-corrected chi connectivity index (χ4v) is 4.47. The van der Waals surface area contributed by atoms with E-state index in [9.17, 15) is 14.0 Å². The van der Waals surface area contributed by atoms with Gasteiger partial charge in [0.05, 0.1) is 7.11 Å². The second kappa shape index (κ2) is 8.10. The number of Topliss-reactive ketones (excluding diaryl/α,β-unsaturated/α-hetero) is 1. The summed E-state index contributed by atoms with van der Waals surface area (Å²) >= 11 is 0. The molecule has 2 fully saturated rings. The van der Waals surface area contributed by atoms with Crippen molar-refractivity contribution in [2.75, 3.05) is 7.11 Å². The van der Waals surface area contributed by atoms with Crippen LogP contribution in [0.2, 0.25) is 0 Å². The number of hydrogen-bond acceptors (Lipinski definition) is 4. The van der Waals surface area contributed by atoms with Crippen LogP contribution in [0, 0.1) is 11.7 Å². The maximum absolute atomic E-state index is 13.6. The first-order chi connectivity index (χ1) is 13.2. The number of halogens is 1. The molecule has 5 nitrogen and oxygen atoms in total. The monoisotopic (exact) mass is 391 g/mol. The molecular weight excluding hydrogens is 361 g/mol. The van der Waals surface area contributed by atoms with Crippen LogP contribution in [0.5, 0.6) is 5.75 Å². The number of benzene rings is 1. The molecule has 154 valence electrons. The smallest absolute Gasteiger partial charge is 0.410 e. The molecule has 1 aromatic rings. The zero-order valence-corrected chi connectivity index (χ0v) is 17.2. The number of piperidine rings is 2.